The van der Waals surface area contributed by atoms with E-state index in [2.05, 4.69) is 27.0 Å². The second kappa shape index (κ2) is 6.12. The molecule has 7 heteroatoms. The minimum atomic E-state index is -0.123. The Morgan fingerprint density at radius 1 is 1.53 bits per heavy atom. The summed E-state index contributed by atoms with van der Waals surface area (Å²) in [6.07, 6.45) is 1.78. The van der Waals surface area contributed by atoms with Gasteiger partial charge in [0.2, 0.25) is 5.82 Å². The molecule has 1 aromatic heterocycles. The third-order valence-electron chi connectivity index (χ3n) is 3.43. The third kappa shape index (κ3) is 3.10. The number of nitrogens with two attached hydrogens (primary N) is 1. The van der Waals surface area contributed by atoms with Crippen molar-refractivity contribution < 1.29 is 4.79 Å². The van der Waals surface area contributed by atoms with Crippen molar-refractivity contribution in [2.75, 3.05) is 33.2 Å². The Kier molecular flexibility index (Phi) is 4.49. The van der Waals surface area contributed by atoms with Crippen molar-refractivity contribution in [3.63, 3.8) is 0 Å². The van der Waals surface area contributed by atoms with Gasteiger partial charge in [0.05, 0.1) is 6.04 Å². The summed E-state index contributed by atoms with van der Waals surface area (Å²) < 4.78 is 0. The fourth-order valence-electron chi connectivity index (χ4n) is 2.35. The monoisotopic (exact) mass is 266 g/mol. The first-order chi connectivity index (χ1) is 9.15. The number of aromatic nitrogens is 3. The van der Waals surface area contributed by atoms with E-state index in [-0.39, 0.29) is 17.8 Å². The molecule has 1 amide bonds. The van der Waals surface area contributed by atoms with Gasteiger partial charge in [0.1, 0.15) is 5.82 Å². The van der Waals surface area contributed by atoms with Gasteiger partial charge in [0, 0.05) is 32.6 Å². The maximum Gasteiger partial charge on any atom is 0.293 e. The van der Waals surface area contributed by atoms with E-state index < -0.39 is 0 Å². The number of rotatable bonds is 4. The van der Waals surface area contributed by atoms with E-state index >= 15 is 0 Å². The van der Waals surface area contributed by atoms with Crippen molar-refractivity contribution in [2.24, 2.45) is 5.73 Å². The first kappa shape index (κ1) is 14.0. The van der Waals surface area contributed by atoms with Crippen molar-refractivity contribution in [3.05, 3.63) is 11.6 Å². The molecule has 19 heavy (non-hydrogen) atoms. The quantitative estimate of drug-likeness (QED) is 0.764. The van der Waals surface area contributed by atoms with Crippen LogP contribution in [0.25, 0.3) is 0 Å². The molecule has 0 saturated carbocycles. The third-order valence-corrected chi connectivity index (χ3v) is 3.43. The largest absolute Gasteiger partial charge is 0.329 e. The van der Waals surface area contributed by atoms with Gasteiger partial charge >= 0.3 is 0 Å². The average Bonchev–Trinajstić information content (AvgIpc) is 2.87. The molecule has 0 bridgehead atoms. The number of aryl methyl sites for hydroxylation is 1. The standard InChI is InChI=1S/C12H22N6O/c1-3-4-10-14-11(16-15-10)12(19)18-6-5-17(2)8-9(18)7-13/h9H,3-8,13H2,1-2H3,(H,14,15,16). The van der Waals surface area contributed by atoms with Gasteiger partial charge in [0.15, 0.2) is 0 Å². The summed E-state index contributed by atoms with van der Waals surface area (Å²) in [5.41, 5.74) is 5.76. The Hall–Kier alpha value is -1.47. The van der Waals surface area contributed by atoms with Crippen LogP contribution in [0.3, 0.4) is 0 Å². The normalized spacial score (nSPS) is 20.8. The van der Waals surface area contributed by atoms with E-state index in [0.717, 1.165) is 31.8 Å². The van der Waals surface area contributed by atoms with E-state index in [1.165, 1.54) is 0 Å². The van der Waals surface area contributed by atoms with Crippen LogP contribution in [0.15, 0.2) is 0 Å². The lowest BCUT2D eigenvalue weighted by Gasteiger charge is -2.38. The Bertz CT molecular complexity index is 432. The van der Waals surface area contributed by atoms with Crippen LogP contribution in [-0.4, -0.2) is 70.2 Å². The highest BCUT2D eigenvalue weighted by Gasteiger charge is 2.30. The number of hydrogen-bond acceptors (Lipinski definition) is 5. The molecule has 1 atom stereocenters. The molecule has 2 rings (SSSR count). The van der Waals surface area contributed by atoms with Gasteiger partial charge in [-0.3, -0.25) is 9.89 Å². The van der Waals surface area contributed by atoms with Crippen LogP contribution in [-0.2, 0) is 6.42 Å². The molecule has 2 heterocycles. The highest BCUT2D eigenvalue weighted by molar-refractivity contribution is 5.90. The van der Waals surface area contributed by atoms with Gasteiger partial charge < -0.3 is 15.5 Å². The predicted molar refractivity (Wildman–Crippen MR) is 71.8 cm³/mol. The van der Waals surface area contributed by atoms with Crippen LogP contribution in [0.4, 0.5) is 0 Å². The fraction of sp³-hybridized carbons (Fsp3) is 0.750. The lowest BCUT2D eigenvalue weighted by molar-refractivity contribution is 0.0504. The first-order valence-electron chi connectivity index (χ1n) is 6.76. The van der Waals surface area contributed by atoms with E-state index in [9.17, 15) is 4.79 Å². The van der Waals surface area contributed by atoms with Crippen LogP contribution < -0.4 is 5.73 Å². The van der Waals surface area contributed by atoms with E-state index in [1.807, 2.05) is 7.05 Å². The van der Waals surface area contributed by atoms with E-state index in [1.54, 1.807) is 4.90 Å². The molecular weight excluding hydrogens is 244 g/mol. The second-order valence-corrected chi connectivity index (χ2v) is 5.01. The number of H-pyrrole nitrogens is 1. The summed E-state index contributed by atoms with van der Waals surface area (Å²) in [7, 11) is 2.04. The molecule has 0 spiro atoms. The number of piperazine rings is 1. The molecular formula is C12H22N6O. The van der Waals surface area contributed by atoms with Crippen molar-refractivity contribution in [1.29, 1.82) is 0 Å². The van der Waals surface area contributed by atoms with E-state index in [0.29, 0.717) is 13.1 Å². The Labute approximate surface area is 113 Å². The van der Waals surface area contributed by atoms with Crippen LogP contribution >= 0.6 is 0 Å². The number of hydrogen-bond donors (Lipinski definition) is 2. The number of carbonyl (C=O) groups is 1. The number of likely N-dealkylation sites (N-methyl/N-ethyl adjacent to an activating group) is 1. The summed E-state index contributed by atoms with van der Waals surface area (Å²) in [6, 6.07) is 0.0411. The van der Waals surface area contributed by atoms with Gasteiger partial charge in [-0.05, 0) is 13.5 Å². The van der Waals surface area contributed by atoms with Gasteiger partial charge in [-0.15, -0.1) is 5.10 Å². The van der Waals surface area contributed by atoms with Gasteiger partial charge in [-0.25, -0.2) is 4.98 Å². The molecule has 1 aliphatic heterocycles. The zero-order valence-electron chi connectivity index (χ0n) is 11.6. The number of aromatic amines is 1. The van der Waals surface area contributed by atoms with Crippen molar-refractivity contribution >= 4 is 5.91 Å². The summed E-state index contributed by atoms with van der Waals surface area (Å²) in [5.74, 6) is 0.901. The molecule has 0 aromatic carbocycles. The molecule has 1 aliphatic rings. The fourth-order valence-corrected chi connectivity index (χ4v) is 2.35. The maximum atomic E-state index is 12.4. The van der Waals surface area contributed by atoms with Crippen molar-refractivity contribution in [3.8, 4) is 0 Å². The van der Waals surface area contributed by atoms with Crippen LogP contribution in [0, 0.1) is 0 Å². The lowest BCUT2D eigenvalue weighted by atomic mass is 10.1. The summed E-state index contributed by atoms with van der Waals surface area (Å²) >= 11 is 0. The van der Waals surface area contributed by atoms with Gasteiger partial charge in [-0.2, -0.15) is 0 Å². The molecule has 106 valence electrons. The molecule has 1 aromatic rings. The van der Waals surface area contributed by atoms with Crippen molar-refractivity contribution in [2.45, 2.75) is 25.8 Å². The molecule has 1 saturated heterocycles. The highest BCUT2D eigenvalue weighted by atomic mass is 16.2. The van der Waals surface area contributed by atoms with Crippen LogP contribution in [0.2, 0.25) is 0 Å². The zero-order valence-corrected chi connectivity index (χ0v) is 11.6. The molecule has 1 unspecified atom stereocenters. The Balaban J connectivity index is 2.08. The van der Waals surface area contributed by atoms with E-state index in [4.69, 9.17) is 5.73 Å². The molecule has 0 radical (unpaired) electrons. The lowest BCUT2D eigenvalue weighted by Crippen LogP contribution is -2.56. The van der Waals surface area contributed by atoms with Crippen molar-refractivity contribution in [1.82, 2.24) is 25.0 Å². The smallest absolute Gasteiger partial charge is 0.293 e. The molecule has 1 fully saturated rings. The zero-order chi connectivity index (χ0) is 13.8. The summed E-state index contributed by atoms with van der Waals surface area (Å²) in [5, 5.41) is 6.83. The van der Waals surface area contributed by atoms with Crippen LogP contribution in [0.5, 0.6) is 0 Å². The SMILES string of the molecule is CCCc1nc(C(=O)N2CCN(C)CC2CN)n[nH]1. The molecule has 3 N–H and O–H groups in total. The average molecular weight is 266 g/mol. The topological polar surface area (TPSA) is 91.1 Å². The van der Waals surface area contributed by atoms with Crippen LogP contribution in [0.1, 0.15) is 29.8 Å². The number of nitrogens with zero attached hydrogens (tertiary/aromatic N) is 4. The number of carbonyl (C=O) groups excluding carboxylic acids is 1. The van der Waals surface area contributed by atoms with Gasteiger partial charge in [-0.1, -0.05) is 6.92 Å². The summed E-state index contributed by atoms with van der Waals surface area (Å²) in [4.78, 5) is 20.6. The Morgan fingerprint density at radius 2 is 2.32 bits per heavy atom. The second-order valence-electron chi connectivity index (χ2n) is 5.01. The minimum absolute atomic E-state index is 0.0411. The highest BCUT2D eigenvalue weighted by Crippen LogP contribution is 2.11. The predicted octanol–water partition coefficient (Wildman–Crippen LogP) is -0.528. The Morgan fingerprint density at radius 3 is 3.00 bits per heavy atom. The van der Waals surface area contributed by atoms with Gasteiger partial charge in [0.25, 0.3) is 5.91 Å². The molecule has 7 nitrogen and oxygen atoms in total. The summed E-state index contributed by atoms with van der Waals surface area (Å²) in [6.45, 7) is 4.86. The molecule has 0 aliphatic carbocycles. The first-order valence-corrected chi connectivity index (χ1v) is 6.76. The minimum Gasteiger partial charge on any atom is -0.329 e. The maximum absolute atomic E-state index is 12.4. The number of nitrogens with one attached hydrogen (secondary N) is 1. The number of amides is 1.